The number of nitrogens with one attached hydrogen (secondary N) is 1. The highest BCUT2D eigenvalue weighted by Crippen LogP contribution is 2.43. The van der Waals surface area contributed by atoms with Gasteiger partial charge in [0, 0.05) is 16.0 Å². The lowest BCUT2D eigenvalue weighted by Gasteiger charge is -2.26. The van der Waals surface area contributed by atoms with Crippen molar-refractivity contribution < 1.29 is 10.0 Å². The summed E-state index contributed by atoms with van der Waals surface area (Å²) in [6.07, 6.45) is 3.02. The number of carbonyl (C=O) groups excluding carboxylic acids is 1. The normalized spacial score (nSPS) is 21.3. The Balaban J connectivity index is 2.26. The maximum atomic E-state index is 12.5. The fraction of sp³-hybridized carbons (Fsp3) is 0.467. The molecule has 1 aromatic carbocycles. The van der Waals surface area contributed by atoms with Gasteiger partial charge in [0.15, 0.2) is 5.84 Å². The Labute approximate surface area is 132 Å². The van der Waals surface area contributed by atoms with Crippen molar-refractivity contribution in [1.29, 1.82) is 0 Å². The zero-order chi connectivity index (χ0) is 15.6. The Morgan fingerprint density at radius 1 is 1.52 bits per heavy atom. The van der Waals surface area contributed by atoms with E-state index in [0.717, 1.165) is 23.7 Å². The molecule has 0 saturated heterocycles. The van der Waals surface area contributed by atoms with Crippen LogP contribution >= 0.6 is 15.9 Å². The van der Waals surface area contributed by atoms with Crippen molar-refractivity contribution in [3.63, 3.8) is 0 Å². The van der Waals surface area contributed by atoms with Gasteiger partial charge in [0.2, 0.25) is 5.91 Å². The summed E-state index contributed by atoms with van der Waals surface area (Å²) in [5.74, 6) is -0.0506. The van der Waals surface area contributed by atoms with Crippen LogP contribution in [0.25, 0.3) is 0 Å². The molecule has 1 amide bonds. The molecule has 21 heavy (non-hydrogen) atoms. The third-order valence-corrected chi connectivity index (χ3v) is 4.69. The van der Waals surface area contributed by atoms with Crippen LogP contribution in [0.3, 0.4) is 0 Å². The molecule has 1 aromatic rings. The number of hydrogen-bond acceptors (Lipinski definition) is 3. The molecule has 0 spiro atoms. The van der Waals surface area contributed by atoms with Crippen molar-refractivity contribution in [2.75, 3.05) is 5.32 Å². The standard InChI is InChI=1S/C15H20BrN3O2/c1-15(2)7-3-4-11(15)14(20)18-12-6-5-9(16)8-10(12)13(17)19-21/h5-6,8,11,21H,3-4,7H2,1-2H3,(H2,17,19)(H,18,20). The fourth-order valence-corrected chi connectivity index (χ4v) is 3.28. The van der Waals surface area contributed by atoms with E-state index in [4.69, 9.17) is 10.9 Å². The molecule has 0 radical (unpaired) electrons. The minimum atomic E-state index is -0.0303. The van der Waals surface area contributed by atoms with Gasteiger partial charge in [0.25, 0.3) is 0 Å². The van der Waals surface area contributed by atoms with Gasteiger partial charge in [-0.2, -0.15) is 0 Å². The minimum absolute atomic E-state index is 0.00758. The summed E-state index contributed by atoms with van der Waals surface area (Å²) in [7, 11) is 0. The van der Waals surface area contributed by atoms with E-state index >= 15 is 0 Å². The summed E-state index contributed by atoms with van der Waals surface area (Å²) in [5, 5.41) is 14.8. The van der Waals surface area contributed by atoms with Gasteiger partial charge in [-0.05, 0) is 36.5 Å². The molecule has 4 N–H and O–H groups in total. The lowest BCUT2D eigenvalue weighted by atomic mass is 9.81. The van der Waals surface area contributed by atoms with Gasteiger partial charge in [-0.1, -0.05) is 41.4 Å². The first-order valence-corrected chi connectivity index (χ1v) is 7.73. The Bertz CT molecular complexity index is 584. The molecule has 1 aliphatic rings. The molecule has 0 aliphatic heterocycles. The zero-order valence-electron chi connectivity index (χ0n) is 12.2. The second-order valence-electron chi connectivity index (χ2n) is 6.10. The quantitative estimate of drug-likeness (QED) is 0.337. The molecule has 2 rings (SSSR count). The number of nitrogens with two attached hydrogens (primary N) is 1. The van der Waals surface area contributed by atoms with E-state index in [1.54, 1.807) is 12.1 Å². The van der Waals surface area contributed by atoms with Crippen LogP contribution in [0, 0.1) is 11.3 Å². The zero-order valence-corrected chi connectivity index (χ0v) is 13.8. The number of benzene rings is 1. The van der Waals surface area contributed by atoms with E-state index in [1.165, 1.54) is 0 Å². The lowest BCUT2D eigenvalue weighted by molar-refractivity contribution is -0.122. The maximum absolute atomic E-state index is 12.5. The third kappa shape index (κ3) is 3.37. The maximum Gasteiger partial charge on any atom is 0.228 e. The minimum Gasteiger partial charge on any atom is -0.409 e. The monoisotopic (exact) mass is 353 g/mol. The molecular weight excluding hydrogens is 334 g/mol. The molecule has 0 aromatic heterocycles. The van der Waals surface area contributed by atoms with Crippen molar-refractivity contribution in [2.24, 2.45) is 22.2 Å². The molecule has 1 fully saturated rings. The largest absolute Gasteiger partial charge is 0.409 e. The van der Waals surface area contributed by atoms with Crippen LogP contribution in [0.15, 0.2) is 27.8 Å². The Morgan fingerprint density at radius 2 is 2.24 bits per heavy atom. The van der Waals surface area contributed by atoms with E-state index in [9.17, 15) is 4.79 Å². The highest BCUT2D eigenvalue weighted by Gasteiger charge is 2.39. The van der Waals surface area contributed by atoms with Crippen LogP contribution in [-0.4, -0.2) is 17.0 Å². The number of hydrogen-bond donors (Lipinski definition) is 3. The highest BCUT2D eigenvalue weighted by atomic mass is 79.9. The number of carbonyl (C=O) groups is 1. The number of halogens is 1. The number of rotatable bonds is 3. The van der Waals surface area contributed by atoms with Crippen LogP contribution in [0.1, 0.15) is 38.7 Å². The second kappa shape index (κ2) is 6.05. The molecular formula is C15H20BrN3O2. The van der Waals surface area contributed by atoms with Crippen molar-refractivity contribution in [1.82, 2.24) is 0 Å². The molecule has 114 valence electrons. The van der Waals surface area contributed by atoms with E-state index in [1.807, 2.05) is 6.07 Å². The van der Waals surface area contributed by atoms with Crippen LogP contribution in [0.4, 0.5) is 5.69 Å². The summed E-state index contributed by atoms with van der Waals surface area (Å²) < 4.78 is 0.795. The van der Waals surface area contributed by atoms with Gasteiger partial charge in [-0.25, -0.2) is 0 Å². The van der Waals surface area contributed by atoms with Gasteiger partial charge in [-0.3, -0.25) is 4.79 Å². The molecule has 0 heterocycles. The van der Waals surface area contributed by atoms with Gasteiger partial charge in [0.1, 0.15) is 0 Å². The third-order valence-electron chi connectivity index (χ3n) is 4.20. The Hall–Kier alpha value is -1.56. The Morgan fingerprint density at radius 3 is 2.81 bits per heavy atom. The van der Waals surface area contributed by atoms with Crippen molar-refractivity contribution >= 4 is 33.4 Å². The predicted octanol–water partition coefficient (Wildman–Crippen LogP) is 3.31. The number of oxime groups is 1. The summed E-state index contributed by atoms with van der Waals surface area (Å²) in [5.41, 5.74) is 6.74. The van der Waals surface area contributed by atoms with Crippen LogP contribution in [0.5, 0.6) is 0 Å². The summed E-state index contributed by atoms with van der Waals surface area (Å²) in [6.45, 7) is 4.24. The van der Waals surface area contributed by atoms with E-state index in [0.29, 0.717) is 11.3 Å². The van der Waals surface area contributed by atoms with Gasteiger partial charge >= 0.3 is 0 Å². The fourth-order valence-electron chi connectivity index (χ4n) is 2.92. The summed E-state index contributed by atoms with van der Waals surface area (Å²) in [4.78, 5) is 12.5. The highest BCUT2D eigenvalue weighted by molar-refractivity contribution is 9.10. The average molecular weight is 354 g/mol. The Kier molecular flexibility index (Phi) is 4.56. The molecule has 1 atom stereocenters. The molecule has 1 aliphatic carbocycles. The predicted molar refractivity (Wildman–Crippen MR) is 86.4 cm³/mol. The van der Waals surface area contributed by atoms with Crippen LogP contribution in [0.2, 0.25) is 0 Å². The number of nitrogens with zero attached hydrogens (tertiary/aromatic N) is 1. The van der Waals surface area contributed by atoms with Crippen LogP contribution in [-0.2, 0) is 4.79 Å². The van der Waals surface area contributed by atoms with E-state index in [-0.39, 0.29) is 23.1 Å². The first kappa shape index (κ1) is 15.8. The molecule has 0 bridgehead atoms. The first-order valence-electron chi connectivity index (χ1n) is 6.93. The second-order valence-corrected chi connectivity index (χ2v) is 7.01. The molecule has 5 nitrogen and oxygen atoms in total. The van der Waals surface area contributed by atoms with E-state index in [2.05, 4.69) is 40.2 Å². The van der Waals surface area contributed by atoms with Gasteiger partial charge in [0.05, 0.1) is 5.69 Å². The van der Waals surface area contributed by atoms with Crippen LogP contribution < -0.4 is 11.1 Å². The van der Waals surface area contributed by atoms with Gasteiger partial charge in [-0.15, -0.1) is 0 Å². The summed E-state index contributed by atoms with van der Waals surface area (Å²) in [6, 6.07) is 5.27. The average Bonchev–Trinajstić information content (AvgIpc) is 2.79. The number of amidine groups is 1. The SMILES string of the molecule is CC1(C)CCCC1C(=O)Nc1ccc(Br)cc1/C(N)=N/O. The summed E-state index contributed by atoms with van der Waals surface area (Å²) >= 11 is 3.34. The lowest BCUT2D eigenvalue weighted by Crippen LogP contribution is -2.31. The number of anilines is 1. The topological polar surface area (TPSA) is 87.7 Å². The van der Waals surface area contributed by atoms with Crippen molar-refractivity contribution in [2.45, 2.75) is 33.1 Å². The smallest absolute Gasteiger partial charge is 0.228 e. The molecule has 6 heteroatoms. The van der Waals surface area contributed by atoms with Crippen molar-refractivity contribution in [3.05, 3.63) is 28.2 Å². The van der Waals surface area contributed by atoms with E-state index < -0.39 is 0 Å². The van der Waals surface area contributed by atoms with Crippen molar-refractivity contribution in [3.8, 4) is 0 Å². The molecule has 1 saturated carbocycles. The first-order chi connectivity index (χ1) is 9.85. The molecule has 1 unspecified atom stereocenters. The van der Waals surface area contributed by atoms with Gasteiger partial charge < -0.3 is 16.3 Å². The number of amides is 1.